The summed E-state index contributed by atoms with van der Waals surface area (Å²) in [6.07, 6.45) is 1.48. The van der Waals surface area contributed by atoms with Crippen LogP contribution in [0.5, 0.6) is 11.5 Å². The molecule has 0 saturated heterocycles. The van der Waals surface area contributed by atoms with E-state index in [9.17, 15) is 9.59 Å². The van der Waals surface area contributed by atoms with Gasteiger partial charge in [0, 0.05) is 5.38 Å². The Labute approximate surface area is 176 Å². The highest BCUT2D eigenvalue weighted by atomic mass is 32.1. The van der Waals surface area contributed by atoms with E-state index in [0.717, 1.165) is 0 Å². The molecule has 0 spiro atoms. The quantitative estimate of drug-likeness (QED) is 0.441. The SMILES string of the molecule is O=C(Cc1csc(NC(=O)c2ccco2)n1)Nc1ccccc1Oc1ccccc1. The maximum absolute atomic E-state index is 12.5. The van der Waals surface area contributed by atoms with Gasteiger partial charge in [0.05, 0.1) is 24.1 Å². The topological polar surface area (TPSA) is 93.5 Å². The third-order valence-electron chi connectivity index (χ3n) is 3.99. The molecule has 8 heteroatoms. The second-order valence-electron chi connectivity index (χ2n) is 6.21. The number of anilines is 2. The number of nitrogens with one attached hydrogen (secondary N) is 2. The van der Waals surface area contributed by atoms with Gasteiger partial charge in [-0.25, -0.2) is 4.98 Å². The number of para-hydroxylation sites is 3. The third kappa shape index (κ3) is 4.92. The van der Waals surface area contributed by atoms with Crippen molar-refractivity contribution in [1.29, 1.82) is 0 Å². The van der Waals surface area contributed by atoms with Gasteiger partial charge in [-0.3, -0.25) is 14.9 Å². The van der Waals surface area contributed by atoms with Crippen molar-refractivity contribution in [3.63, 3.8) is 0 Å². The Bertz CT molecular complexity index is 1140. The lowest BCUT2D eigenvalue weighted by atomic mass is 10.2. The minimum Gasteiger partial charge on any atom is -0.459 e. The van der Waals surface area contributed by atoms with Gasteiger partial charge in [-0.2, -0.15) is 0 Å². The van der Waals surface area contributed by atoms with Gasteiger partial charge in [0.1, 0.15) is 5.75 Å². The van der Waals surface area contributed by atoms with Crippen molar-refractivity contribution in [3.8, 4) is 11.5 Å². The molecule has 0 fully saturated rings. The summed E-state index contributed by atoms with van der Waals surface area (Å²) in [6.45, 7) is 0. The standard InChI is InChI=1S/C22H17N3O4S/c26-20(13-15-14-30-22(23-15)25-21(27)19-11-6-12-28-19)24-17-9-4-5-10-18(17)29-16-7-2-1-3-8-16/h1-12,14H,13H2,(H,24,26)(H,23,25,27). The van der Waals surface area contributed by atoms with Gasteiger partial charge in [-0.1, -0.05) is 30.3 Å². The molecule has 4 aromatic rings. The number of aromatic nitrogens is 1. The normalized spacial score (nSPS) is 10.4. The van der Waals surface area contributed by atoms with Crippen LogP contribution >= 0.6 is 11.3 Å². The predicted molar refractivity (Wildman–Crippen MR) is 114 cm³/mol. The van der Waals surface area contributed by atoms with E-state index in [1.54, 1.807) is 29.6 Å². The number of hydrogen-bond acceptors (Lipinski definition) is 6. The summed E-state index contributed by atoms with van der Waals surface area (Å²) < 4.78 is 10.9. The molecule has 0 bridgehead atoms. The Kier molecular flexibility index (Phi) is 5.86. The number of hydrogen-bond donors (Lipinski definition) is 2. The van der Waals surface area contributed by atoms with E-state index in [-0.39, 0.29) is 18.1 Å². The van der Waals surface area contributed by atoms with Crippen molar-refractivity contribution in [2.24, 2.45) is 0 Å². The molecule has 150 valence electrons. The maximum atomic E-state index is 12.5. The van der Waals surface area contributed by atoms with Crippen LogP contribution in [0.2, 0.25) is 0 Å². The maximum Gasteiger partial charge on any atom is 0.293 e. The first-order valence-electron chi connectivity index (χ1n) is 9.08. The van der Waals surface area contributed by atoms with Gasteiger partial charge in [0.15, 0.2) is 16.6 Å². The van der Waals surface area contributed by atoms with E-state index in [2.05, 4.69) is 15.6 Å². The molecule has 30 heavy (non-hydrogen) atoms. The Balaban J connectivity index is 1.37. The first-order chi connectivity index (χ1) is 14.7. The number of carbonyl (C=O) groups excluding carboxylic acids is 2. The van der Waals surface area contributed by atoms with Crippen molar-refractivity contribution < 1.29 is 18.7 Å². The van der Waals surface area contributed by atoms with E-state index < -0.39 is 5.91 Å². The lowest BCUT2D eigenvalue weighted by Gasteiger charge is -2.11. The second kappa shape index (κ2) is 9.06. The summed E-state index contributed by atoms with van der Waals surface area (Å²) in [7, 11) is 0. The van der Waals surface area contributed by atoms with Crippen LogP contribution in [0, 0.1) is 0 Å². The van der Waals surface area contributed by atoms with Crippen molar-refractivity contribution in [2.75, 3.05) is 10.6 Å². The smallest absolute Gasteiger partial charge is 0.293 e. The molecule has 2 N–H and O–H groups in total. The number of nitrogens with zero attached hydrogens (tertiary/aromatic N) is 1. The Morgan fingerprint density at radius 1 is 0.967 bits per heavy atom. The Morgan fingerprint density at radius 2 is 1.77 bits per heavy atom. The lowest BCUT2D eigenvalue weighted by Crippen LogP contribution is -2.15. The average Bonchev–Trinajstić information content (AvgIpc) is 3.43. The molecule has 7 nitrogen and oxygen atoms in total. The van der Waals surface area contributed by atoms with Gasteiger partial charge >= 0.3 is 0 Å². The number of ether oxygens (including phenoxy) is 1. The Morgan fingerprint density at radius 3 is 2.57 bits per heavy atom. The number of carbonyl (C=O) groups is 2. The third-order valence-corrected chi connectivity index (χ3v) is 4.80. The van der Waals surface area contributed by atoms with Gasteiger partial charge in [-0.15, -0.1) is 11.3 Å². The second-order valence-corrected chi connectivity index (χ2v) is 7.07. The molecule has 0 aliphatic rings. The molecule has 2 heterocycles. The van der Waals surface area contributed by atoms with Gasteiger partial charge in [0.2, 0.25) is 5.91 Å². The Hall–Kier alpha value is -3.91. The van der Waals surface area contributed by atoms with E-state index in [0.29, 0.717) is 28.0 Å². The van der Waals surface area contributed by atoms with Crippen LogP contribution in [0.25, 0.3) is 0 Å². The highest BCUT2D eigenvalue weighted by Gasteiger charge is 2.14. The molecular formula is C22H17N3O4S. The van der Waals surface area contributed by atoms with Crippen molar-refractivity contribution in [3.05, 3.63) is 89.8 Å². The largest absolute Gasteiger partial charge is 0.459 e. The van der Waals surface area contributed by atoms with Crippen LogP contribution in [0.3, 0.4) is 0 Å². The molecule has 0 saturated carbocycles. The van der Waals surface area contributed by atoms with Gasteiger partial charge < -0.3 is 14.5 Å². The molecule has 2 aromatic carbocycles. The number of benzene rings is 2. The minimum atomic E-state index is -0.391. The highest BCUT2D eigenvalue weighted by Crippen LogP contribution is 2.29. The molecular weight excluding hydrogens is 402 g/mol. The van der Waals surface area contributed by atoms with Crippen LogP contribution in [0.4, 0.5) is 10.8 Å². The van der Waals surface area contributed by atoms with E-state index in [1.165, 1.54) is 17.6 Å². The van der Waals surface area contributed by atoms with Crippen LogP contribution in [-0.2, 0) is 11.2 Å². The average molecular weight is 419 g/mol. The zero-order valence-electron chi connectivity index (χ0n) is 15.7. The first-order valence-corrected chi connectivity index (χ1v) is 9.96. The van der Waals surface area contributed by atoms with Crippen molar-refractivity contribution >= 4 is 34.0 Å². The summed E-state index contributed by atoms with van der Waals surface area (Å²) >= 11 is 1.24. The summed E-state index contributed by atoms with van der Waals surface area (Å²) in [5, 5.41) is 7.62. The zero-order valence-corrected chi connectivity index (χ0v) is 16.5. The van der Waals surface area contributed by atoms with Crippen LogP contribution < -0.4 is 15.4 Å². The van der Waals surface area contributed by atoms with Gasteiger partial charge in [-0.05, 0) is 36.4 Å². The number of amides is 2. The van der Waals surface area contributed by atoms with Crippen molar-refractivity contribution in [2.45, 2.75) is 6.42 Å². The summed E-state index contributed by atoms with van der Waals surface area (Å²) in [6, 6.07) is 19.7. The minimum absolute atomic E-state index is 0.0623. The number of thiazole rings is 1. The first kappa shape index (κ1) is 19.4. The fraction of sp³-hybridized carbons (Fsp3) is 0.0455. The number of furan rings is 1. The van der Waals surface area contributed by atoms with Gasteiger partial charge in [0.25, 0.3) is 5.91 Å². The summed E-state index contributed by atoms with van der Waals surface area (Å²) in [5.41, 5.74) is 1.11. The fourth-order valence-corrected chi connectivity index (χ4v) is 3.35. The molecule has 2 amide bonds. The molecule has 0 atom stereocenters. The fourth-order valence-electron chi connectivity index (χ4n) is 2.65. The molecule has 0 unspecified atom stereocenters. The number of rotatable bonds is 7. The van der Waals surface area contributed by atoms with E-state index >= 15 is 0 Å². The lowest BCUT2D eigenvalue weighted by molar-refractivity contribution is -0.115. The molecule has 0 aliphatic heterocycles. The molecule has 2 aromatic heterocycles. The van der Waals surface area contributed by atoms with Crippen molar-refractivity contribution in [1.82, 2.24) is 4.98 Å². The molecule has 0 aliphatic carbocycles. The van der Waals surface area contributed by atoms with E-state index in [4.69, 9.17) is 9.15 Å². The summed E-state index contributed by atoms with van der Waals surface area (Å²) in [4.78, 5) is 28.8. The highest BCUT2D eigenvalue weighted by molar-refractivity contribution is 7.14. The summed E-state index contributed by atoms with van der Waals surface area (Å²) in [5.74, 6) is 0.780. The predicted octanol–water partition coefficient (Wildman–Crippen LogP) is 4.96. The zero-order chi connectivity index (χ0) is 20.8. The van der Waals surface area contributed by atoms with Crippen LogP contribution in [-0.4, -0.2) is 16.8 Å². The van der Waals surface area contributed by atoms with Crippen LogP contribution in [0.15, 0.2) is 82.8 Å². The molecule has 0 radical (unpaired) electrons. The molecule has 4 rings (SSSR count). The monoisotopic (exact) mass is 419 g/mol. The van der Waals surface area contributed by atoms with Crippen LogP contribution in [0.1, 0.15) is 16.2 Å². The van der Waals surface area contributed by atoms with E-state index in [1.807, 2.05) is 42.5 Å².